The molecule has 1 spiro atoms. The standard InChI is InChI=1S/C8H17N3/c9-11-6-3-8(7-11)1-4-10-5-2-8/h10H,1-7,9H2. The van der Waals surface area contributed by atoms with Crippen LogP contribution in [0.1, 0.15) is 19.3 Å². The van der Waals surface area contributed by atoms with Gasteiger partial charge in [-0.3, -0.25) is 5.84 Å². The normalized spacial score (nSPS) is 31.4. The maximum Gasteiger partial charge on any atom is 0.0186 e. The quantitative estimate of drug-likeness (QED) is 0.481. The average Bonchev–Trinajstić information content (AvgIpc) is 2.34. The molecule has 2 aliphatic heterocycles. The highest BCUT2D eigenvalue weighted by Crippen LogP contribution is 2.37. The maximum absolute atomic E-state index is 5.75. The lowest BCUT2D eigenvalue weighted by atomic mass is 9.78. The average molecular weight is 155 g/mol. The first-order chi connectivity index (χ1) is 5.31. The molecule has 0 aromatic rings. The Morgan fingerprint density at radius 3 is 2.45 bits per heavy atom. The van der Waals surface area contributed by atoms with Crippen molar-refractivity contribution in [2.45, 2.75) is 19.3 Å². The Morgan fingerprint density at radius 1 is 1.18 bits per heavy atom. The first-order valence-corrected chi connectivity index (χ1v) is 4.51. The molecule has 0 amide bonds. The predicted molar refractivity (Wildman–Crippen MR) is 44.9 cm³/mol. The summed E-state index contributed by atoms with van der Waals surface area (Å²) in [4.78, 5) is 0. The second kappa shape index (κ2) is 2.73. The molecular weight excluding hydrogens is 138 g/mol. The molecule has 2 aliphatic rings. The first kappa shape index (κ1) is 7.53. The summed E-state index contributed by atoms with van der Waals surface area (Å²) in [6, 6.07) is 0. The third kappa shape index (κ3) is 1.41. The number of piperidine rings is 1. The fraction of sp³-hybridized carbons (Fsp3) is 1.00. The zero-order valence-corrected chi connectivity index (χ0v) is 6.97. The van der Waals surface area contributed by atoms with Gasteiger partial charge < -0.3 is 5.32 Å². The SMILES string of the molecule is NN1CCC2(CCNCC2)C1. The Kier molecular flexibility index (Phi) is 1.87. The summed E-state index contributed by atoms with van der Waals surface area (Å²) in [6.45, 7) is 4.59. The van der Waals surface area contributed by atoms with Crippen molar-refractivity contribution in [3.05, 3.63) is 0 Å². The van der Waals surface area contributed by atoms with Crippen LogP contribution in [-0.4, -0.2) is 31.2 Å². The molecule has 3 nitrogen and oxygen atoms in total. The van der Waals surface area contributed by atoms with Gasteiger partial charge in [0, 0.05) is 13.1 Å². The van der Waals surface area contributed by atoms with Crippen molar-refractivity contribution >= 4 is 0 Å². The molecule has 3 heteroatoms. The molecule has 0 unspecified atom stereocenters. The molecule has 0 radical (unpaired) electrons. The Labute approximate surface area is 67.9 Å². The van der Waals surface area contributed by atoms with Gasteiger partial charge in [-0.1, -0.05) is 0 Å². The van der Waals surface area contributed by atoms with Crippen molar-refractivity contribution in [1.82, 2.24) is 10.3 Å². The number of hydrazine groups is 1. The molecule has 64 valence electrons. The third-order valence-corrected chi connectivity index (χ3v) is 3.13. The van der Waals surface area contributed by atoms with Crippen LogP contribution in [-0.2, 0) is 0 Å². The number of nitrogens with zero attached hydrogens (tertiary/aromatic N) is 1. The van der Waals surface area contributed by atoms with E-state index in [1.54, 1.807) is 0 Å². The smallest absolute Gasteiger partial charge is 0.0186 e. The van der Waals surface area contributed by atoms with Crippen LogP contribution < -0.4 is 11.2 Å². The molecule has 2 heterocycles. The zero-order chi connectivity index (χ0) is 7.73. The van der Waals surface area contributed by atoms with Crippen LogP contribution in [0.5, 0.6) is 0 Å². The van der Waals surface area contributed by atoms with Crippen LogP contribution in [0.15, 0.2) is 0 Å². The van der Waals surface area contributed by atoms with Gasteiger partial charge in [0.25, 0.3) is 0 Å². The predicted octanol–water partition coefficient (Wildman–Crippen LogP) is -0.0644. The van der Waals surface area contributed by atoms with Crippen LogP contribution in [0.3, 0.4) is 0 Å². The summed E-state index contributed by atoms with van der Waals surface area (Å²) in [5.74, 6) is 5.75. The summed E-state index contributed by atoms with van der Waals surface area (Å²) in [5.41, 5.74) is 0.583. The molecule has 0 aromatic heterocycles. The van der Waals surface area contributed by atoms with E-state index in [4.69, 9.17) is 5.84 Å². The largest absolute Gasteiger partial charge is 0.317 e. The van der Waals surface area contributed by atoms with Crippen LogP contribution in [0, 0.1) is 5.41 Å². The highest BCUT2D eigenvalue weighted by Gasteiger charge is 2.37. The van der Waals surface area contributed by atoms with Gasteiger partial charge in [0.15, 0.2) is 0 Å². The van der Waals surface area contributed by atoms with E-state index in [1.165, 1.54) is 32.4 Å². The van der Waals surface area contributed by atoms with Crippen LogP contribution in [0.4, 0.5) is 0 Å². The summed E-state index contributed by atoms with van der Waals surface area (Å²) in [7, 11) is 0. The second-order valence-corrected chi connectivity index (χ2v) is 3.97. The summed E-state index contributed by atoms with van der Waals surface area (Å²) in [5, 5.41) is 5.37. The lowest BCUT2D eigenvalue weighted by Crippen LogP contribution is -2.39. The molecule has 0 bridgehead atoms. The summed E-state index contributed by atoms with van der Waals surface area (Å²) >= 11 is 0. The maximum atomic E-state index is 5.75. The molecule has 0 saturated carbocycles. The van der Waals surface area contributed by atoms with Gasteiger partial charge in [-0.2, -0.15) is 0 Å². The number of nitrogens with two attached hydrogens (primary N) is 1. The van der Waals surface area contributed by atoms with E-state index in [2.05, 4.69) is 5.32 Å². The van der Waals surface area contributed by atoms with E-state index in [0.717, 1.165) is 13.1 Å². The summed E-state index contributed by atoms with van der Waals surface area (Å²) < 4.78 is 0. The molecule has 11 heavy (non-hydrogen) atoms. The van der Waals surface area contributed by atoms with Crippen molar-refractivity contribution in [3.8, 4) is 0 Å². The van der Waals surface area contributed by atoms with Crippen LogP contribution in [0.2, 0.25) is 0 Å². The lowest BCUT2D eigenvalue weighted by molar-refractivity contribution is 0.198. The van der Waals surface area contributed by atoms with E-state index in [9.17, 15) is 0 Å². The van der Waals surface area contributed by atoms with Crippen molar-refractivity contribution in [1.29, 1.82) is 0 Å². The fourth-order valence-corrected chi connectivity index (χ4v) is 2.33. The van der Waals surface area contributed by atoms with Gasteiger partial charge in [-0.25, -0.2) is 5.01 Å². The Morgan fingerprint density at radius 2 is 1.91 bits per heavy atom. The van der Waals surface area contributed by atoms with E-state index in [0.29, 0.717) is 5.41 Å². The van der Waals surface area contributed by atoms with E-state index in [1.807, 2.05) is 5.01 Å². The second-order valence-electron chi connectivity index (χ2n) is 3.97. The van der Waals surface area contributed by atoms with Crippen molar-refractivity contribution in [2.75, 3.05) is 26.2 Å². The van der Waals surface area contributed by atoms with Crippen LogP contribution in [0.25, 0.3) is 0 Å². The van der Waals surface area contributed by atoms with Crippen LogP contribution >= 0.6 is 0 Å². The topological polar surface area (TPSA) is 41.3 Å². The van der Waals surface area contributed by atoms with Gasteiger partial charge in [-0.05, 0) is 37.8 Å². The van der Waals surface area contributed by atoms with Crippen molar-refractivity contribution in [2.24, 2.45) is 11.3 Å². The molecule has 0 aromatic carbocycles. The fourth-order valence-electron chi connectivity index (χ4n) is 2.33. The Bertz CT molecular complexity index is 135. The minimum Gasteiger partial charge on any atom is -0.317 e. The van der Waals surface area contributed by atoms with Gasteiger partial charge in [-0.15, -0.1) is 0 Å². The summed E-state index contributed by atoms with van der Waals surface area (Å²) in [6.07, 6.45) is 3.95. The van der Waals surface area contributed by atoms with Gasteiger partial charge in [0.1, 0.15) is 0 Å². The monoisotopic (exact) mass is 155 g/mol. The number of rotatable bonds is 0. The minimum absolute atomic E-state index is 0.583. The lowest BCUT2D eigenvalue weighted by Gasteiger charge is -2.33. The van der Waals surface area contributed by atoms with Gasteiger partial charge in [0.05, 0.1) is 0 Å². The van der Waals surface area contributed by atoms with E-state index in [-0.39, 0.29) is 0 Å². The molecule has 2 fully saturated rings. The number of nitrogens with one attached hydrogen (secondary N) is 1. The van der Waals surface area contributed by atoms with Crippen molar-refractivity contribution < 1.29 is 0 Å². The van der Waals surface area contributed by atoms with Crippen molar-refractivity contribution in [3.63, 3.8) is 0 Å². The minimum atomic E-state index is 0.583. The van der Waals surface area contributed by atoms with E-state index >= 15 is 0 Å². The first-order valence-electron chi connectivity index (χ1n) is 4.51. The van der Waals surface area contributed by atoms with E-state index < -0.39 is 0 Å². The molecule has 0 atom stereocenters. The molecule has 2 saturated heterocycles. The third-order valence-electron chi connectivity index (χ3n) is 3.13. The highest BCUT2D eigenvalue weighted by molar-refractivity contribution is 4.91. The zero-order valence-electron chi connectivity index (χ0n) is 6.97. The molecular formula is C8H17N3. The molecule has 2 rings (SSSR count). The Balaban J connectivity index is 1.98. The number of hydrogen-bond donors (Lipinski definition) is 2. The van der Waals surface area contributed by atoms with Gasteiger partial charge in [0.2, 0.25) is 0 Å². The van der Waals surface area contributed by atoms with Gasteiger partial charge >= 0.3 is 0 Å². The Hall–Kier alpha value is -0.120. The number of hydrogen-bond acceptors (Lipinski definition) is 3. The molecule has 0 aliphatic carbocycles. The highest BCUT2D eigenvalue weighted by atomic mass is 15.4. The molecule has 3 N–H and O–H groups in total.